The maximum Gasteiger partial charge on any atom is 0.261 e. The Morgan fingerprint density at radius 2 is 1.72 bits per heavy atom. The minimum Gasteiger partial charge on any atom is -0.493 e. The van der Waals surface area contributed by atoms with Crippen molar-refractivity contribution in [2.24, 2.45) is 4.99 Å². The van der Waals surface area contributed by atoms with Gasteiger partial charge < -0.3 is 14.8 Å². The number of nitrogens with one attached hydrogen (secondary N) is 2. The number of hydrogen-bond acceptors (Lipinski definition) is 6. The largest absolute Gasteiger partial charge is 0.493 e. The lowest BCUT2D eigenvalue weighted by molar-refractivity contribution is -0.114. The van der Waals surface area contributed by atoms with Gasteiger partial charge in [0.05, 0.1) is 28.9 Å². The van der Waals surface area contributed by atoms with E-state index in [0.717, 1.165) is 34.6 Å². The number of nitrogens with zero attached hydrogens (tertiary/aromatic N) is 1. The van der Waals surface area contributed by atoms with Crippen molar-refractivity contribution in [1.82, 2.24) is 0 Å². The molecule has 9 heteroatoms. The summed E-state index contributed by atoms with van der Waals surface area (Å²) in [6.07, 6.45) is 1.41. The summed E-state index contributed by atoms with van der Waals surface area (Å²) in [7, 11) is -2.28. The first-order chi connectivity index (χ1) is 18.3. The zero-order valence-corrected chi connectivity index (χ0v) is 23.8. The molecule has 3 aromatic rings. The maximum absolute atomic E-state index is 13.4. The average Bonchev–Trinajstić information content (AvgIpc) is 3.16. The van der Waals surface area contributed by atoms with Crippen LogP contribution in [0.15, 0.2) is 64.5 Å². The van der Waals surface area contributed by atoms with Gasteiger partial charge in [0.25, 0.3) is 10.0 Å². The molecule has 39 heavy (non-hydrogen) atoms. The summed E-state index contributed by atoms with van der Waals surface area (Å²) < 4.78 is 41.5. The number of benzene rings is 3. The Hall–Kier alpha value is -3.85. The quantitative estimate of drug-likeness (QED) is 0.433. The lowest BCUT2D eigenvalue weighted by atomic mass is 9.81. The number of amides is 1. The second-order valence-electron chi connectivity index (χ2n) is 11.3. The van der Waals surface area contributed by atoms with Crippen LogP contribution >= 0.6 is 0 Å². The Morgan fingerprint density at radius 3 is 2.44 bits per heavy atom. The maximum atomic E-state index is 13.4. The summed E-state index contributed by atoms with van der Waals surface area (Å²) in [6.45, 7) is 9.62. The molecular weight excluding hydrogens is 514 g/mol. The van der Waals surface area contributed by atoms with Crippen LogP contribution in [-0.4, -0.2) is 38.3 Å². The van der Waals surface area contributed by atoms with E-state index in [1.165, 1.54) is 6.92 Å². The van der Waals surface area contributed by atoms with Gasteiger partial charge in [-0.25, -0.2) is 8.42 Å². The van der Waals surface area contributed by atoms with Crippen molar-refractivity contribution in [2.45, 2.75) is 63.5 Å². The molecule has 0 unspecified atom stereocenters. The van der Waals surface area contributed by atoms with Gasteiger partial charge in [0.15, 0.2) is 11.5 Å². The molecule has 5 rings (SSSR count). The third-order valence-corrected chi connectivity index (χ3v) is 8.13. The van der Waals surface area contributed by atoms with E-state index < -0.39 is 21.2 Å². The third kappa shape index (κ3) is 5.36. The van der Waals surface area contributed by atoms with Gasteiger partial charge in [-0.1, -0.05) is 18.2 Å². The fourth-order valence-electron chi connectivity index (χ4n) is 5.32. The van der Waals surface area contributed by atoms with Crippen molar-refractivity contribution < 1.29 is 22.7 Å². The molecule has 3 aromatic carbocycles. The Balaban J connectivity index is 1.57. The van der Waals surface area contributed by atoms with Crippen molar-refractivity contribution in [3.63, 3.8) is 0 Å². The standard InChI is InChI=1S/C30H33N3O5S/c1-18(34)31-21-10-8-11-22(15-21)33-39(35,36)23-12-7-9-19(13-23)27-26-20(16-29(2,3)32-27)14-25(37-6)28-24(26)17-30(4,5)38-28/h7-15,33H,16-17H2,1-6H3,(H,31,34). The Bertz CT molecular complexity index is 1620. The van der Waals surface area contributed by atoms with Crippen LogP contribution in [0.4, 0.5) is 11.4 Å². The van der Waals surface area contributed by atoms with E-state index in [4.69, 9.17) is 14.5 Å². The summed E-state index contributed by atoms with van der Waals surface area (Å²) in [4.78, 5) is 16.6. The van der Waals surface area contributed by atoms with E-state index in [1.54, 1.807) is 49.6 Å². The molecule has 2 N–H and O–H groups in total. The van der Waals surface area contributed by atoms with Crippen molar-refractivity contribution in [3.8, 4) is 11.5 Å². The molecule has 0 saturated heterocycles. The molecule has 204 valence electrons. The molecule has 0 fully saturated rings. The van der Waals surface area contributed by atoms with Crippen LogP contribution in [0.2, 0.25) is 0 Å². The van der Waals surface area contributed by atoms with Gasteiger partial charge in [-0.05, 0) is 76.1 Å². The van der Waals surface area contributed by atoms with Crippen LogP contribution in [0.5, 0.6) is 11.5 Å². The van der Waals surface area contributed by atoms with Crippen LogP contribution in [0.25, 0.3) is 0 Å². The molecule has 0 saturated carbocycles. The predicted molar refractivity (Wildman–Crippen MR) is 153 cm³/mol. The second kappa shape index (κ2) is 9.41. The van der Waals surface area contributed by atoms with Crippen LogP contribution in [-0.2, 0) is 27.7 Å². The fraction of sp³-hybridized carbons (Fsp3) is 0.333. The molecule has 0 radical (unpaired) electrons. The molecule has 0 atom stereocenters. The van der Waals surface area contributed by atoms with Gasteiger partial charge >= 0.3 is 0 Å². The zero-order chi connectivity index (χ0) is 28.2. The number of sulfonamides is 1. The molecule has 0 aromatic heterocycles. The number of fused-ring (bicyclic) bond motifs is 3. The highest BCUT2D eigenvalue weighted by Crippen LogP contribution is 2.48. The van der Waals surface area contributed by atoms with Crippen molar-refractivity contribution in [2.75, 3.05) is 17.1 Å². The summed E-state index contributed by atoms with van der Waals surface area (Å²) in [5.74, 6) is 1.18. The summed E-state index contributed by atoms with van der Waals surface area (Å²) in [6, 6.07) is 15.4. The smallest absolute Gasteiger partial charge is 0.261 e. The van der Waals surface area contributed by atoms with E-state index in [2.05, 4.69) is 23.9 Å². The highest BCUT2D eigenvalue weighted by Gasteiger charge is 2.39. The van der Waals surface area contributed by atoms with Gasteiger partial charge in [0.2, 0.25) is 5.91 Å². The van der Waals surface area contributed by atoms with Crippen LogP contribution in [0.3, 0.4) is 0 Å². The van der Waals surface area contributed by atoms with E-state index in [9.17, 15) is 13.2 Å². The fourth-order valence-corrected chi connectivity index (χ4v) is 6.41. The first-order valence-electron chi connectivity index (χ1n) is 12.8. The highest BCUT2D eigenvalue weighted by atomic mass is 32.2. The number of carbonyl (C=O) groups excluding carboxylic acids is 1. The number of anilines is 2. The van der Waals surface area contributed by atoms with E-state index >= 15 is 0 Å². The first-order valence-corrected chi connectivity index (χ1v) is 14.3. The lowest BCUT2D eigenvalue weighted by Gasteiger charge is -2.31. The van der Waals surface area contributed by atoms with Crippen LogP contribution < -0.4 is 19.5 Å². The monoisotopic (exact) mass is 547 g/mol. The zero-order valence-electron chi connectivity index (χ0n) is 23.0. The second-order valence-corrected chi connectivity index (χ2v) is 13.0. The minimum atomic E-state index is -3.93. The van der Waals surface area contributed by atoms with Crippen LogP contribution in [0, 0.1) is 0 Å². The third-order valence-electron chi connectivity index (χ3n) is 6.75. The Labute approximate surface area is 229 Å². The number of rotatable bonds is 6. The van der Waals surface area contributed by atoms with Crippen molar-refractivity contribution in [3.05, 3.63) is 76.9 Å². The normalized spacial score (nSPS) is 16.8. The number of methoxy groups -OCH3 is 1. The average molecular weight is 548 g/mol. The lowest BCUT2D eigenvalue weighted by Crippen LogP contribution is -2.30. The van der Waals surface area contributed by atoms with E-state index in [-0.39, 0.29) is 10.8 Å². The Kier molecular flexibility index (Phi) is 6.45. The molecule has 8 nitrogen and oxygen atoms in total. The van der Waals surface area contributed by atoms with E-state index in [1.807, 2.05) is 26.0 Å². The molecule has 0 spiro atoms. The highest BCUT2D eigenvalue weighted by molar-refractivity contribution is 7.92. The van der Waals surface area contributed by atoms with Crippen molar-refractivity contribution >= 4 is 33.0 Å². The van der Waals surface area contributed by atoms with Gasteiger partial charge in [-0.3, -0.25) is 14.5 Å². The van der Waals surface area contributed by atoms with Crippen molar-refractivity contribution in [1.29, 1.82) is 0 Å². The number of aliphatic imine (C=N–C) groups is 1. The summed E-state index contributed by atoms with van der Waals surface area (Å²) in [5, 5.41) is 2.67. The molecule has 2 aliphatic rings. The molecule has 0 aliphatic carbocycles. The minimum absolute atomic E-state index is 0.110. The molecule has 0 bridgehead atoms. The first kappa shape index (κ1) is 26.7. The summed E-state index contributed by atoms with van der Waals surface area (Å²) in [5.41, 5.74) is 4.62. The summed E-state index contributed by atoms with van der Waals surface area (Å²) >= 11 is 0. The van der Waals surface area contributed by atoms with E-state index in [0.29, 0.717) is 29.1 Å². The number of carbonyl (C=O) groups is 1. The number of hydrogen-bond donors (Lipinski definition) is 2. The van der Waals surface area contributed by atoms with Crippen LogP contribution in [0.1, 0.15) is 56.9 Å². The molecule has 1 amide bonds. The van der Waals surface area contributed by atoms with Gasteiger partial charge in [-0.15, -0.1) is 0 Å². The van der Waals surface area contributed by atoms with Gasteiger partial charge in [0, 0.05) is 35.7 Å². The molecule has 2 aliphatic heterocycles. The predicted octanol–water partition coefficient (Wildman–Crippen LogP) is 5.34. The SMILES string of the molecule is COc1cc2c(c3c1OC(C)(C)C3)C(c1cccc(S(=O)(=O)Nc3cccc(NC(C)=O)c3)c1)=NC(C)(C)C2. The van der Waals surface area contributed by atoms with Gasteiger partial charge in [0.1, 0.15) is 5.60 Å². The Morgan fingerprint density at radius 1 is 1.00 bits per heavy atom. The number of ether oxygens (including phenoxy) is 2. The molecule has 2 heterocycles. The van der Waals surface area contributed by atoms with Gasteiger partial charge in [-0.2, -0.15) is 0 Å². The topological polar surface area (TPSA) is 106 Å². The molecular formula is C30H33N3O5S.